The van der Waals surface area contributed by atoms with Crippen molar-refractivity contribution in [3.63, 3.8) is 0 Å². The third-order valence-corrected chi connectivity index (χ3v) is 3.59. The predicted octanol–water partition coefficient (Wildman–Crippen LogP) is 3.16. The molecule has 0 N–H and O–H groups in total. The first-order chi connectivity index (χ1) is 10.4. The number of aromatic nitrogens is 4. The number of unbranched alkanes of at least 4 members (excludes halogenated alkanes) is 1. The van der Waals surface area contributed by atoms with E-state index >= 15 is 0 Å². The molecule has 0 bridgehead atoms. The second kappa shape index (κ2) is 6.48. The van der Waals surface area contributed by atoms with Crippen LogP contribution in [0.25, 0.3) is 11.5 Å². The minimum Gasteiger partial charge on any atom is -0.326 e. The van der Waals surface area contributed by atoms with Crippen LogP contribution in [0, 0.1) is 6.20 Å². The SMILES string of the molecule is CCCCc1nc2ncnc-2[c]n1CCc1ccccc1. The van der Waals surface area contributed by atoms with E-state index in [0.717, 1.165) is 43.7 Å². The summed E-state index contributed by atoms with van der Waals surface area (Å²) in [5.41, 5.74) is 2.08. The molecule has 0 atom stereocenters. The van der Waals surface area contributed by atoms with E-state index in [1.807, 2.05) is 6.07 Å². The van der Waals surface area contributed by atoms with Crippen molar-refractivity contribution in [1.29, 1.82) is 0 Å². The van der Waals surface area contributed by atoms with Crippen LogP contribution in [0.2, 0.25) is 0 Å². The third kappa shape index (κ3) is 3.27. The van der Waals surface area contributed by atoms with Gasteiger partial charge >= 0.3 is 0 Å². The van der Waals surface area contributed by atoms with Gasteiger partial charge in [-0.1, -0.05) is 43.7 Å². The molecule has 0 unspecified atom stereocenters. The number of hydrogen-bond donors (Lipinski definition) is 0. The molecule has 0 aliphatic carbocycles. The Morgan fingerprint density at radius 2 is 1.95 bits per heavy atom. The van der Waals surface area contributed by atoms with Gasteiger partial charge in [-0.05, 0) is 18.4 Å². The number of imidazole rings is 1. The van der Waals surface area contributed by atoms with Gasteiger partial charge in [-0.25, -0.2) is 15.0 Å². The minimum absolute atomic E-state index is 0.706. The maximum Gasteiger partial charge on any atom is 0.183 e. The van der Waals surface area contributed by atoms with Gasteiger partial charge < -0.3 is 4.57 Å². The molecule has 4 heteroatoms. The van der Waals surface area contributed by atoms with Crippen molar-refractivity contribution in [2.24, 2.45) is 0 Å². The summed E-state index contributed by atoms with van der Waals surface area (Å²) in [5.74, 6) is 1.76. The third-order valence-electron chi connectivity index (χ3n) is 3.59. The lowest BCUT2D eigenvalue weighted by Crippen LogP contribution is -2.13. The van der Waals surface area contributed by atoms with Crippen LogP contribution in [-0.2, 0) is 19.4 Å². The Balaban J connectivity index is 1.83. The van der Waals surface area contributed by atoms with Crippen LogP contribution < -0.4 is 0 Å². The Morgan fingerprint density at radius 1 is 1.10 bits per heavy atom. The molecule has 2 aliphatic heterocycles. The Morgan fingerprint density at radius 3 is 2.76 bits per heavy atom. The van der Waals surface area contributed by atoms with E-state index in [-0.39, 0.29) is 0 Å². The Bertz CT molecular complexity index is 660. The highest BCUT2D eigenvalue weighted by atomic mass is 15.1. The van der Waals surface area contributed by atoms with Crippen LogP contribution in [0.15, 0.2) is 36.7 Å². The number of hydrogen-bond acceptors (Lipinski definition) is 3. The zero-order valence-corrected chi connectivity index (χ0v) is 12.3. The first kappa shape index (κ1) is 13.7. The summed E-state index contributed by atoms with van der Waals surface area (Å²) in [4.78, 5) is 13.0. The summed E-state index contributed by atoms with van der Waals surface area (Å²) in [7, 11) is 0. The number of aryl methyl sites for hydroxylation is 3. The van der Waals surface area contributed by atoms with Gasteiger partial charge in [0.05, 0.1) is 6.20 Å². The fourth-order valence-electron chi connectivity index (χ4n) is 2.39. The zero-order chi connectivity index (χ0) is 14.5. The van der Waals surface area contributed by atoms with Crippen LogP contribution in [0.4, 0.5) is 0 Å². The number of benzene rings is 1. The van der Waals surface area contributed by atoms with Crippen molar-refractivity contribution < 1.29 is 0 Å². The monoisotopic (exact) mass is 279 g/mol. The topological polar surface area (TPSA) is 43.6 Å². The van der Waals surface area contributed by atoms with Gasteiger partial charge in [-0.2, -0.15) is 0 Å². The predicted molar refractivity (Wildman–Crippen MR) is 82.0 cm³/mol. The zero-order valence-electron chi connectivity index (χ0n) is 12.3. The number of nitrogens with zero attached hydrogens (tertiary/aromatic N) is 4. The van der Waals surface area contributed by atoms with E-state index in [1.165, 1.54) is 5.56 Å². The molecular weight excluding hydrogens is 260 g/mol. The largest absolute Gasteiger partial charge is 0.326 e. The highest BCUT2D eigenvalue weighted by Crippen LogP contribution is 2.16. The lowest BCUT2D eigenvalue weighted by atomic mass is 10.1. The van der Waals surface area contributed by atoms with Gasteiger partial charge in [0.25, 0.3) is 0 Å². The molecule has 2 aliphatic rings. The van der Waals surface area contributed by atoms with E-state index in [4.69, 9.17) is 0 Å². The number of fused-ring (bicyclic) bond motifs is 1. The van der Waals surface area contributed by atoms with E-state index in [9.17, 15) is 0 Å². The normalized spacial score (nSPS) is 11.1. The first-order valence-corrected chi connectivity index (χ1v) is 7.50. The second-order valence-corrected chi connectivity index (χ2v) is 5.18. The van der Waals surface area contributed by atoms with Crippen LogP contribution in [0.3, 0.4) is 0 Å². The average molecular weight is 279 g/mol. The van der Waals surface area contributed by atoms with Gasteiger partial charge in [0.2, 0.25) is 0 Å². The van der Waals surface area contributed by atoms with Crippen LogP contribution in [0.5, 0.6) is 0 Å². The molecule has 21 heavy (non-hydrogen) atoms. The molecule has 1 aromatic rings. The lowest BCUT2D eigenvalue weighted by Gasteiger charge is -2.13. The van der Waals surface area contributed by atoms with E-state index in [1.54, 1.807) is 6.33 Å². The smallest absolute Gasteiger partial charge is 0.183 e. The fourth-order valence-corrected chi connectivity index (χ4v) is 2.39. The maximum atomic E-state index is 4.64. The summed E-state index contributed by atoms with van der Waals surface area (Å²) >= 11 is 0. The van der Waals surface area contributed by atoms with Gasteiger partial charge in [-0.3, -0.25) is 0 Å². The van der Waals surface area contributed by atoms with Crippen LogP contribution in [0.1, 0.15) is 31.2 Å². The molecule has 0 saturated heterocycles. The molecule has 4 nitrogen and oxygen atoms in total. The van der Waals surface area contributed by atoms with Crippen molar-refractivity contribution in [2.75, 3.05) is 0 Å². The van der Waals surface area contributed by atoms with Crippen LogP contribution >= 0.6 is 0 Å². The summed E-state index contributed by atoms with van der Waals surface area (Å²) < 4.78 is 2.11. The van der Waals surface area contributed by atoms with Crippen molar-refractivity contribution >= 4 is 0 Å². The molecule has 0 fully saturated rings. The Labute approximate surface area is 125 Å². The summed E-state index contributed by atoms with van der Waals surface area (Å²) in [6.45, 7) is 3.07. The van der Waals surface area contributed by atoms with Crippen molar-refractivity contribution in [3.05, 3.63) is 54.2 Å². The van der Waals surface area contributed by atoms with E-state index in [0.29, 0.717) is 5.82 Å². The van der Waals surface area contributed by atoms with Crippen LogP contribution in [-0.4, -0.2) is 19.5 Å². The van der Waals surface area contributed by atoms with E-state index in [2.05, 4.69) is 56.9 Å². The van der Waals surface area contributed by atoms with Crippen molar-refractivity contribution in [2.45, 2.75) is 39.2 Å². The minimum atomic E-state index is 0.706. The Kier molecular flexibility index (Phi) is 4.24. The maximum absolute atomic E-state index is 4.64. The number of rotatable bonds is 6. The van der Waals surface area contributed by atoms with Gasteiger partial charge in [0, 0.05) is 13.0 Å². The van der Waals surface area contributed by atoms with Gasteiger partial charge in [-0.15, -0.1) is 0 Å². The Hall–Kier alpha value is -2.23. The van der Waals surface area contributed by atoms with Crippen molar-refractivity contribution in [1.82, 2.24) is 19.5 Å². The average Bonchev–Trinajstić information content (AvgIpc) is 2.98. The molecule has 107 valence electrons. The second-order valence-electron chi connectivity index (χ2n) is 5.18. The highest BCUT2D eigenvalue weighted by molar-refractivity contribution is 5.47. The molecule has 0 aromatic heterocycles. The summed E-state index contributed by atoms with van der Waals surface area (Å²) in [6.07, 6.45) is 9.12. The highest BCUT2D eigenvalue weighted by Gasteiger charge is 2.13. The molecule has 1 aromatic carbocycles. The molecule has 1 radical (unpaired) electrons. The summed E-state index contributed by atoms with van der Waals surface area (Å²) in [5, 5.41) is 0. The molecule has 0 amide bonds. The molecular formula is C17H19N4. The van der Waals surface area contributed by atoms with Gasteiger partial charge in [0.15, 0.2) is 5.82 Å². The molecule has 0 spiro atoms. The standard InChI is InChI=1S/C17H19N4/c1-2-3-9-16-20-17-15(18-13-19-17)12-21(16)11-10-14-7-5-4-6-8-14/h4-8,13H,2-3,9-11H2,1H3. The lowest BCUT2D eigenvalue weighted by molar-refractivity contribution is 0.604. The first-order valence-electron chi connectivity index (χ1n) is 7.50. The molecule has 0 saturated carbocycles. The summed E-state index contributed by atoms with van der Waals surface area (Å²) in [6, 6.07) is 10.5. The molecule has 2 heterocycles. The fraction of sp³-hybridized carbons (Fsp3) is 0.353. The molecule has 3 rings (SSSR count). The van der Waals surface area contributed by atoms with Crippen molar-refractivity contribution in [3.8, 4) is 11.5 Å². The van der Waals surface area contributed by atoms with E-state index < -0.39 is 0 Å². The van der Waals surface area contributed by atoms with Gasteiger partial charge in [0.1, 0.15) is 17.8 Å². The quantitative estimate of drug-likeness (QED) is 0.696.